The molecule has 0 heterocycles. The summed E-state index contributed by atoms with van der Waals surface area (Å²) >= 11 is 2.17. The fraction of sp³-hybridized carbons (Fsp3) is 0.786. The van der Waals surface area contributed by atoms with Crippen LogP contribution in [-0.4, -0.2) is 47.3 Å². The van der Waals surface area contributed by atoms with Gasteiger partial charge in [-0.15, -0.1) is 0 Å². The second-order valence-electron chi connectivity index (χ2n) is 5.46. The van der Waals surface area contributed by atoms with Gasteiger partial charge < -0.3 is 21.7 Å². The Kier molecular flexibility index (Phi) is 11.2. The molecule has 3 amide bonds. The Balaban J connectivity index is 4.13. The van der Waals surface area contributed by atoms with Crippen LogP contribution in [0.5, 0.6) is 0 Å². The first kappa shape index (κ1) is 21.1. The summed E-state index contributed by atoms with van der Waals surface area (Å²) in [4.78, 5) is 34.8. The van der Waals surface area contributed by atoms with Crippen LogP contribution in [0.1, 0.15) is 33.6 Å². The van der Waals surface area contributed by atoms with E-state index in [1.54, 1.807) is 0 Å². The summed E-state index contributed by atoms with van der Waals surface area (Å²) in [5.74, 6) is -0.419. The number of hydrogen-bond acceptors (Lipinski definition) is 4. The number of nitrogens with one attached hydrogen (secondary N) is 3. The first-order chi connectivity index (χ1) is 10.3. The van der Waals surface area contributed by atoms with Crippen molar-refractivity contribution >= 4 is 40.3 Å². The van der Waals surface area contributed by atoms with E-state index >= 15 is 0 Å². The molecule has 0 rings (SSSR count). The van der Waals surface area contributed by atoms with Crippen molar-refractivity contribution in [2.75, 3.05) is 17.5 Å². The monoisotopic (exact) mass is 426 g/mol. The van der Waals surface area contributed by atoms with Gasteiger partial charge in [-0.05, 0) is 25.7 Å². The molecule has 2 unspecified atom stereocenters. The molecular weight excluding hydrogens is 399 g/mol. The number of Topliss-reactive ketones (excluding diaryl/α,β-unsaturated/α-hetero) is 1. The highest BCUT2D eigenvalue weighted by atomic mass is 127. The standard InChI is InChI=1S/C14H27IN4O3/c1-9(2)12(16)13(21)19-11(10(3)20)5-4-7-17-14(22)18-8-6-15/h9,11-12H,4-8,16H2,1-3H3,(H,19,21)(H2,17,18,22). The lowest BCUT2D eigenvalue weighted by atomic mass is 10.0. The lowest BCUT2D eigenvalue weighted by molar-refractivity contribution is -0.128. The maximum absolute atomic E-state index is 11.9. The lowest BCUT2D eigenvalue weighted by Gasteiger charge is -2.20. The summed E-state index contributed by atoms with van der Waals surface area (Å²) in [5, 5.41) is 8.07. The Hall–Kier alpha value is -0.900. The minimum absolute atomic E-state index is 0.0101. The molecule has 0 spiro atoms. The minimum Gasteiger partial charge on any atom is -0.345 e. The molecule has 128 valence electrons. The summed E-state index contributed by atoms with van der Waals surface area (Å²) in [6.07, 6.45) is 1.07. The molecule has 7 nitrogen and oxygen atoms in total. The molecule has 8 heteroatoms. The largest absolute Gasteiger partial charge is 0.345 e. The summed E-state index contributed by atoms with van der Waals surface area (Å²) < 4.78 is 0.847. The van der Waals surface area contributed by atoms with Crippen molar-refractivity contribution in [3.05, 3.63) is 0 Å². The number of carbonyl (C=O) groups excluding carboxylic acids is 3. The molecule has 0 saturated heterocycles. The fourth-order valence-electron chi connectivity index (χ4n) is 1.68. The van der Waals surface area contributed by atoms with Crippen LogP contribution >= 0.6 is 22.6 Å². The molecule has 0 aliphatic heterocycles. The highest BCUT2D eigenvalue weighted by Gasteiger charge is 2.22. The van der Waals surface area contributed by atoms with E-state index in [1.165, 1.54) is 6.92 Å². The molecule has 0 aliphatic carbocycles. The third-order valence-corrected chi connectivity index (χ3v) is 3.70. The van der Waals surface area contributed by atoms with Gasteiger partial charge in [-0.1, -0.05) is 36.4 Å². The number of carbonyl (C=O) groups is 3. The van der Waals surface area contributed by atoms with Gasteiger partial charge >= 0.3 is 6.03 Å². The second-order valence-corrected chi connectivity index (χ2v) is 6.53. The highest BCUT2D eigenvalue weighted by molar-refractivity contribution is 14.1. The average molecular weight is 426 g/mol. The van der Waals surface area contributed by atoms with Crippen molar-refractivity contribution in [3.63, 3.8) is 0 Å². The molecule has 0 radical (unpaired) electrons. The summed E-state index contributed by atoms with van der Waals surface area (Å²) in [5.41, 5.74) is 5.76. The Bertz CT molecular complexity index is 377. The maximum Gasteiger partial charge on any atom is 0.314 e. The van der Waals surface area contributed by atoms with Crippen molar-refractivity contribution in [3.8, 4) is 0 Å². The minimum atomic E-state index is -0.626. The Morgan fingerprint density at radius 3 is 2.23 bits per heavy atom. The van der Waals surface area contributed by atoms with E-state index in [0.717, 1.165) is 4.43 Å². The van der Waals surface area contributed by atoms with Crippen molar-refractivity contribution in [1.82, 2.24) is 16.0 Å². The molecular formula is C14H27IN4O3. The lowest BCUT2D eigenvalue weighted by Crippen LogP contribution is -2.50. The van der Waals surface area contributed by atoms with E-state index < -0.39 is 12.1 Å². The normalized spacial score (nSPS) is 13.4. The fourth-order valence-corrected chi connectivity index (χ4v) is 1.95. The van der Waals surface area contributed by atoms with Gasteiger partial charge in [0.2, 0.25) is 5.91 Å². The van der Waals surface area contributed by atoms with Crippen LogP contribution in [-0.2, 0) is 9.59 Å². The smallest absolute Gasteiger partial charge is 0.314 e. The van der Waals surface area contributed by atoms with E-state index in [9.17, 15) is 14.4 Å². The van der Waals surface area contributed by atoms with Crippen LogP contribution in [0, 0.1) is 5.92 Å². The summed E-state index contributed by atoms with van der Waals surface area (Å²) in [7, 11) is 0. The van der Waals surface area contributed by atoms with Crippen LogP contribution in [0.4, 0.5) is 4.79 Å². The zero-order valence-electron chi connectivity index (χ0n) is 13.4. The van der Waals surface area contributed by atoms with Gasteiger partial charge in [0.1, 0.15) is 0 Å². The van der Waals surface area contributed by atoms with E-state index in [0.29, 0.717) is 25.9 Å². The molecule has 0 aromatic rings. The van der Waals surface area contributed by atoms with Crippen LogP contribution in [0.3, 0.4) is 0 Å². The van der Waals surface area contributed by atoms with Crippen molar-refractivity contribution in [2.45, 2.75) is 45.7 Å². The van der Waals surface area contributed by atoms with Gasteiger partial charge in [0, 0.05) is 17.5 Å². The van der Waals surface area contributed by atoms with Crippen LogP contribution < -0.4 is 21.7 Å². The van der Waals surface area contributed by atoms with Gasteiger partial charge in [0.05, 0.1) is 12.1 Å². The predicted octanol–water partition coefficient (Wildman–Crippen LogP) is 0.558. The number of rotatable bonds is 10. The van der Waals surface area contributed by atoms with Crippen LogP contribution in [0.2, 0.25) is 0 Å². The van der Waals surface area contributed by atoms with Gasteiger partial charge in [-0.2, -0.15) is 0 Å². The third kappa shape index (κ3) is 9.19. The first-order valence-corrected chi connectivity index (χ1v) is 8.96. The Labute approximate surface area is 145 Å². The third-order valence-electron chi connectivity index (χ3n) is 3.16. The highest BCUT2D eigenvalue weighted by Crippen LogP contribution is 2.02. The average Bonchev–Trinajstić information content (AvgIpc) is 2.46. The van der Waals surface area contributed by atoms with Crippen molar-refractivity contribution < 1.29 is 14.4 Å². The number of urea groups is 1. The molecule has 0 aromatic heterocycles. The first-order valence-electron chi connectivity index (χ1n) is 7.43. The van der Waals surface area contributed by atoms with E-state index in [-0.39, 0.29) is 23.6 Å². The molecule has 5 N–H and O–H groups in total. The summed E-state index contributed by atoms with van der Waals surface area (Å²) in [6, 6.07) is -1.41. The van der Waals surface area contributed by atoms with Crippen LogP contribution in [0.15, 0.2) is 0 Å². The second kappa shape index (κ2) is 11.6. The number of nitrogens with two attached hydrogens (primary N) is 1. The van der Waals surface area contributed by atoms with E-state index in [2.05, 4.69) is 38.5 Å². The number of alkyl halides is 1. The molecule has 0 bridgehead atoms. The van der Waals surface area contributed by atoms with Gasteiger partial charge in [-0.25, -0.2) is 4.79 Å². The van der Waals surface area contributed by atoms with Gasteiger partial charge in [0.15, 0.2) is 5.78 Å². The molecule has 0 saturated carbocycles. The van der Waals surface area contributed by atoms with E-state index in [4.69, 9.17) is 5.73 Å². The quantitative estimate of drug-likeness (QED) is 0.232. The maximum atomic E-state index is 11.9. The molecule has 2 atom stereocenters. The van der Waals surface area contributed by atoms with E-state index in [1.807, 2.05) is 13.8 Å². The number of halogens is 1. The predicted molar refractivity (Wildman–Crippen MR) is 94.9 cm³/mol. The number of ketones is 1. The van der Waals surface area contributed by atoms with Gasteiger partial charge in [0.25, 0.3) is 0 Å². The number of amides is 3. The zero-order chi connectivity index (χ0) is 17.1. The molecule has 0 aliphatic rings. The Morgan fingerprint density at radius 1 is 1.14 bits per heavy atom. The van der Waals surface area contributed by atoms with Crippen molar-refractivity contribution in [1.29, 1.82) is 0 Å². The molecule has 0 fully saturated rings. The topological polar surface area (TPSA) is 113 Å². The SMILES string of the molecule is CC(=O)C(CCCNC(=O)NCCI)NC(=O)C(N)C(C)C. The Morgan fingerprint density at radius 2 is 1.73 bits per heavy atom. The molecule has 22 heavy (non-hydrogen) atoms. The zero-order valence-corrected chi connectivity index (χ0v) is 15.6. The molecule has 0 aromatic carbocycles. The summed E-state index contributed by atoms with van der Waals surface area (Å²) in [6.45, 7) is 6.21. The van der Waals surface area contributed by atoms with Crippen LogP contribution in [0.25, 0.3) is 0 Å². The van der Waals surface area contributed by atoms with Crippen molar-refractivity contribution in [2.24, 2.45) is 11.7 Å². The number of hydrogen-bond donors (Lipinski definition) is 4. The van der Waals surface area contributed by atoms with Gasteiger partial charge in [-0.3, -0.25) is 9.59 Å².